The molecule has 1 aromatic heterocycles. The topological polar surface area (TPSA) is 84.0 Å². The molecule has 1 aromatic carbocycles. The van der Waals surface area contributed by atoms with E-state index in [1.807, 2.05) is 39.0 Å². The van der Waals surface area contributed by atoms with Gasteiger partial charge >= 0.3 is 6.03 Å². The summed E-state index contributed by atoms with van der Waals surface area (Å²) in [7, 11) is 0. The van der Waals surface area contributed by atoms with Crippen molar-refractivity contribution in [3.63, 3.8) is 0 Å². The van der Waals surface area contributed by atoms with Gasteiger partial charge in [0.2, 0.25) is 10.3 Å². The van der Waals surface area contributed by atoms with E-state index in [1.54, 1.807) is 6.07 Å². The number of benzene rings is 1. The standard InChI is InChI=1S/C15H17BrN4O2S2/c1-15(2,3)11(21)8-23-14-19-13(24-20-14)18-12(22)17-10-7-5-4-6-9(10)16/h4-7H,8H2,1-3H3,(H2,17,18,19,20,22). The van der Waals surface area contributed by atoms with Gasteiger partial charge in [-0.25, -0.2) is 4.79 Å². The third-order valence-corrected chi connectivity index (χ3v) is 5.20. The van der Waals surface area contributed by atoms with E-state index in [1.165, 1.54) is 11.8 Å². The molecule has 1 heterocycles. The summed E-state index contributed by atoms with van der Waals surface area (Å²) >= 11 is 5.71. The van der Waals surface area contributed by atoms with E-state index in [9.17, 15) is 9.59 Å². The Hall–Kier alpha value is -1.45. The first-order valence-corrected chi connectivity index (χ1v) is 9.63. The number of ketones is 1. The SMILES string of the molecule is CC(C)(C)C(=O)CSc1nsc(NC(=O)Nc2ccccc2Br)n1. The predicted molar refractivity (Wildman–Crippen MR) is 102 cm³/mol. The number of anilines is 2. The monoisotopic (exact) mass is 428 g/mol. The van der Waals surface area contributed by atoms with E-state index < -0.39 is 6.03 Å². The number of urea groups is 1. The van der Waals surface area contributed by atoms with E-state index in [2.05, 4.69) is 35.9 Å². The fourth-order valence-corrected chi connectivity index (χ4v) is 3.56. The maximum Gasteiger partial charge on any atom is 0.325 e. The molecule has 0 aliphatic heterocycles. The predicted octanol–water partition coefficient (Wildman–Crippen LogP) is 4.65. The largest absolute Gasteiger partial charge is 0.325 e. The molecule has 0 unspecified atom stereocenters. The Morgan fingerprint density at radius 1 is 1.25 bits per heavy atom. The molecule has 0 saturated carbocycles. The zero-order valence-corrected chi connectivity index (χ0v) is 16.6. The Kier molecular flexibility index (Phi) is 6.36. The molecule has 0 aliphatic rings. The van der Waals surface area contributed by atoms with Crippen LogP contribution in [-0.4, -0.2) is 26.9 Å². The fourth-order valence-electron chi connectivity index (χ4n) is 1.48. The first-order valence-electron chi connectivity index (χ1n) is 7.08. The summed E-state index contributed by atoms with van der Waals surface area (Å²) in [4.78, 5) is 28.1. The van der Waals surface area contributed by atoms with E-state index in [0.717, 1.165) is 16.0 Å². The van der Waals surface area contributed by atoms with Gasteiger partial charge in [-0.15, -0.1) is 0 Å². The van der Waals surface area contributed by atoms with Crippen LogP contribution in [0.3, 0.4) is 0 Å². The van der Waals surface area contributed by atoms with Crippen LogP contribution in [0.25, 0.3) is 0 Å². The minimum atomic E-state index is -0.402. The van der Waals surface area contributed by atoms with E-state index >= 15 is 0 Å². The number of Topliss-reactive ketones (excluding diaryl/α,β-unsaturated/α-hetero) is 1. The molecule has 2 amide bonds. The van der Waals surface area contributed by atoms with Crippen molar-refractivity contribution < 1.29 is 9.59 Å². The number of halogens is 1. The van der Waals surface area contributed by atoms with E-state index in [4.69, 9.17) is 0 Å². The number of nitrogens with zero attached hydrogens (tertiary/aromatic N) is 2. The van der Waals surface area contributed by atoms with Gasteiger partial charge in [0.1, 0.15) is 5.78 Å². The summed E-state index contributed by atoms with van der Waals surface area (Å²) in [6.07, 6.45) is 0. The molecule has 6 nitrogen and oxygen atoms in total. The molecular weight excluding hydrogens is 412 g/mol. The quantitative estimate of drug-likeness (QED) is 0.676. The van der Waals surface area contributed by atoms with Gasteiger partial charge in [0, 0.05) is 21.4 Å². The number of para-hydroxylation sites is 1. The summed E-state index contributed by atoms with van der Waals surface area (Å²) < 4.78 is 4.92. The van der Waals surface area contributed by atoms with Crippen molar-refractivity contribution in [2.45, 2.75) is 25.9 Å². The Morgan fingerprint density at radius 2 is 1.96 bits per heavy atom. The second kappa shape index (κ2) is 8.09. The fraction of sp³-hybridized carbons (Fsp3) is 0.333. The summed E-state index contributed by atoms with van der Waals surface area (Å²) in [6, 6.07) is 6.90. The molecule has 0 atom stereocenters. The number of thioether (sulfide) groups is 1. The summed E-state index contributed by atoms with van der Waals surface area (Å²) in [5.74, 6) is 0.437. The maximum atomic E-state index is 12.0. The van der Waals surface area contributed by atoms with Gasteiger partial charge in [-0.3, -0.25) is 10.1 Å². The summed E-state index contributed by atoms with van der Waals surface area (Å²) in [5.41, 5.74) is 0.275. The lowest BCUT2D eigenvalue weighted by Gasteiger charge is -2.15. The molecule has 128 valence electrons. The number of hydrogen-bond donors (Lipinski definition) is 2. The smallest absolute Gasteiger partial charge is 0.307 e. The molecule has 2 N–H and O–H groups in total. The van der Waals surface area contributed by atoms with Gasteiger partial charge in [0.15, 0.2) is 0 Å². The minimum Gasteiger partial charge on any atom is -0.307 e. The van der Waals surface area contributed by atoms with Gasteiger partial charge < -0.3 is 5.32 Å². The van der Waals surface area contributed by atoms with Crippen LogP contribution < -0.4 is 10.6 Å². The molecule has 9 heteroatoms. The average molecular weight is 429 g/mol. The number of hydrogen-bond acceptors (Lipinski definition) is 6. The first-order chi connectivity index (χ1) is 11.3. The van der Waals surface area contributed by atoms with Crippen LogP contribution in [0, 0.1) is 5.41 Å². The number of rotatable bonds is 5. The Bertz CT molecular complexity index is 743. The van der Waals surface area contributed by atoms with Crippen LogP contribution >= 0.6 is 39.2 Å². The molecule has 24 heavy (non-hydrogen) atoms. The number of nitrogens with one attached hydrogen (secondary N) is 2. The molecule has 0 aliphatic carbocycles. The average Bonchev–Trinajstić information content (AvgIpc) is 2.93. The molecule has 2 rings (SSSR count). The molecule has 0 fully saturated rings. The lowest BCUT2D eigenvalue weighted by atomic mass is 9.92. The highest BCUT2D eigenvalue weighted by Crippen LogP contribution is 2.25. The van der Waals surface area contributed by atoms with Crippen molar-refractivity contribution in [2.75, 3.05) is 16.4 Å². The number of carbonyl (C=O) groups is 2. The summed E-state index contributed by atoms with van der Waals surface area (Å²) in [6.45, 7) is 5.64. The third kappa shape index (κ3) is 5.57. The van der Waals surface area contributed by atoms with E-state index in [-0.39, 0.29) is 11.2 Å². The molecular formula is C15H17BrN4O2S2. The van der Waals surface area contributed by atoms with E-state index in [0.29, 0.717) is 21.7 Å². The Morgan fingerprint density at radius 3 is 2.62 bits per heavy atom. The zero-order valence-electron chi connectivity index (χ0n) is 13.4. The van der Waals surface area contributed by atoms with Crippen LogP contribution in [0.2, 0.25) is 0 Å². The molecule has 2 aromatic rings. The highest BCUT2D eigenvalue weighted by Gasteiger charge is 2.21. The zero-order chi connectivity index (χ0) is 17.7. The Balaban J connectivity index is 1.88. The van der Waals surface area contributed by atoms with Crippen LogP contribution in [-0.2, 0) is 4.79 Å². The molecule has 0 spiro atoms. The lowest BCUT2D eigenvalue weighted by Crippen LogP contribution is -2.22. The second-order valence-corrected chi connectivity index (χ2v) is 8.45. The van der Waals surface area contributed by atoms with Crippen molar-refractivity contribution in [3.05, 3.63) is 28.7 Å². The van der Waals surface area contributed by atoms with Gasteiger partial charge in [-0.2, -0.15) is 9.36 Å². The maximum absolute atomic E-state index is 12.0. The molecule has 0 bridgehead atoms. The second-order valence-electron chi connectivity index (χ2n) is 5.90. The van der Waals surface area contributed by atoms with Gasteiger partial charge in [0.05, 0.1) is 11.4 Å². The van der Waals surface area contributed by atoms with Crippen LogP contribution in [0.15, 0.2) is 33.9 Å². The number of aromatic nitrogens is 2. The Labute approximate surface area is 157 Å². The van der Waals surface area contributed by atoms with Gasteiger partial charge in [-0.05, 0) is 28.1 Å². The molecule has 0 radical (unpaired) electrons. The molecule has 0 saturated heterocycles. The number of amides is 2. The van der Waals surface area contributed by atoms with Crippen molar-refractivity contribution in [3.8, 4) is 0 Å². The lowest BCUT2D eigenvalue weighted by molar-refractivity contribution is -0.123. The third-order valence-electron chi connectivity index (χ3n) is 2.92. The summed E-state index contributed by atoms with van der Waals surface area (Å²) in [5, 5.41) is 6.21. The van der Waals surface area contributed by atoms with Crippen molar-refractivity contribution in [1.29, 1.82) is 0 Å². The highest BCUT2D eigenvalue weighted by molar-refractivity contribution is 9.10. The normalized spacial score (nSPS) is 11.2. The van der Waals surface area contributed by atoms with Crippen molar-refractivity contribution in [1.82, 2.24) is 9.36 Å². The first kappa shape index (κ1) is 18.9. The van der Waals surface area contributed by atoms with Crippen molar-refractivity contribution in [2.24, 2.45) is 5.41 Å². The van der Waals surface area contributed by atoms with Crippen LogP contribution in [0.5, 0.6) is 0 Å². The van der Waals surface area contributed by atoms with Crippen molar-refractivity contribution >= 4 is 61.9 Å². The van der Waals surface area contributed by atoms with Crippen LogP contribution in [0.1, 0.15) is 20.8 Å². The van der Waals surface area contributed by atoms with Gasteiger partial charge in [0.25, 0.3) is 0 Å². The number of carbonyl (C=O) groups excluding carboxylic acids is 2. The highest BCUT2D eigenvalue weighted by atomic mass is 79.9. The minimum absolute atomic E-state index is 0.128. The van der Waals surface area contributed by atoms with Gasteiger partial charge in [-0.1, -0.05) is 44.7 Å². The van der Waals surface area contributed by atoms with Crippen LogP contribution in [0.4, 0.5) is 15.6 Å².